The highest BCUT2D eigenvalue weighted by Gasteiger charge is 2.04. The van der Waals surface area contributed by atoms with Gasteiger partial charge in [0.15, 0.2) is 0 Å². The lowest BCUT2D eigenvalue weighted by Crippen LogP contribution is -2.04. The van der Waals surface area contributed by atoms with Crippen molar-refractivity contribution in [1.29, 1.82) is 5.26 Å². The number of nitrogens with zero attached hydrogens (tertiary/aromatic N) is 1. The van der Waals surface area contributed by atoms with Crippen LogP contribution in [0.2, 0.25) is 0 Å². The Balaban J connectivity index is 3.78. The zero-order valence-corrected chi connectivity index (χ0v) is 5.05. The Morgan fingerprint density at radius 2 is 2.44 bits per heavy atom. The van der Waals surface area contributed by atoms with Gasteiger partial charge in [-0.2, -0.15) is 5.26 Å². The number of hydrogen-bond donors (Lipinski definition) is 0. The van der Waals surface area contributed by atoms with Crippen LogP contribution in [0.15, 0.2) is 5.57 Å². The second-order valence-corrected chi connectivity index (χ2v) is 1.25. The summed E-state index contributed by atoms with van der Waals surface area (Å²) < 4.78 is 4.37. The van der Waals surface area contributed by atoms with Gasteiger partial charge in [0.05, 0.1) is 6.61 Å². The Morgan fingerprint density at radius 1 is 1.89 bits per heavy atom. The first-order chi connectivity index (χ1) is 4.22. The molecule has 0 aliphatic carbocycles. The van der Waals surface area contributed by atoms with Crippen LogP contribution in [0.25, 0.3) is 0 Å². The molecule has 0 aliphatic heterocycles. The zero-order chi connectivity index (χ0) is 7.28. The molecule has 0 amide bonds. The van der Waals surface area contributed by atoms with Crippen molar-refractivity contribution in [2.45, 2.75) is 6.92 Å². The van der Waals surface area contributed by atoms with Gasteiger partial charge in [-0.25, -0.2) is 4.79 Å². The smallest absolute Gasteiger partial charge is 0.348 e. The van der Waals surface area contributed by atoms with E-state index in [2.05, 4.69) is 4.74 Å². The lowest BCUT2D eigenvalue weighted by molar-refractivity contribution is -0.138. The molecule has 0 aromatic heterocycles. The van der Waals surface area contributed by atoms with Gasteiger partial charge in [-0.15, -0.1) is 0 Å². The lowest BCUT2D eigenvalue weighted by atomic mass is 10.3. The van der Waals surface area contributed by atoms with E-state index in [0.717, 1.165) is 0 Å². The summed E-state index contributed by atoms with van der Waals surface area (Å²) in [5, 5.41) is 8.02. The molecule has 0 fully saturated rings. The maximum Gasteiger partial charge on any atom is 0.348 e. The van der Waals surface area contributed by atoms with Crippen LogP contribution in [0.5, 0.6) is 0 Å². The van der Waals surface area contributed by atoms with Crippen LogP contribution >= 0.6 is 0 Å². The minimum Gasteiger partial charge on any atom is -0.462 e. The van der Waals surface area contributed by atoms with Crippen LogP contribution in [0.3, 0.4) is 0 Å². The predicted octanol–water partition coefficient (Wildman–Crippen LogP) is 0.432. The standard InChI is InChI=1S/C6H6NO2/c1-3-9-6(8)5(2)4-7/h2H,3H2,1H3. The third-order valence-electron chi connectivity index (χ3n) is 0.616. The fourth-order valence-corrected chi connectivity index (χ4v) is 0.254. The van der Waals surface area contributed by atoms with E-state index < -0.39 is 11.5 Å². The normalized spacial score (nSPS) is 7.56. The molecule has 0 aromatic carbocycles. The van der Waals surface area contributed by atoms with Gasteiger partial charge in [-0.3, -0.25) is 0 Å². The molecule has 0 spiro atoms. The predicted molar refractivity (Wildman–Crippen MR) is 30.1 cm³/mol. The van der Waals surface area contributed by atoms with Gasteiger partial charge in [0, 0.05) is 0 Å². The molecule has 0 heterocycles. The average Bonchev–Trinajstić information content (AvgIpc) is 1.87. The second-order valence-electron chi connectivity index (χ2n) is 1.25. The number of carbonyl (C=O) groups is 1. The number of nitriles is 1. The van der Waals surface area contributed by atoms with E-state index in [4.69, 9.17) is 11.8 Å². The Hall–Kier alpha value is -1.30. The summed E-state index contributed by atoms with van der Waals surface area (Å²) in [7, 11) is 0. The van der Waals surface area contributed by atoms with Crippen molar-refractivity contribution in [2.75, 3.05) is 6.61 Å². The number of carbonyl (C=O) groups excluding carboxylic acids is 1. The van der Waals surface area contributed by atoms with Crippen LogP contribution < -0.4 is 0 Å². The van der Waals surface area contributed by atoms with Crippen molar-refractivity contribution in [1.82, 2.24) is 0 Å². The minimum atomic E-state index is -0.750. The van der Waals surface area contributed by atoms with Crippen molar-refractivity contribution in [3.8, 4) is 6.07 Å². The van der Waals surface area contributed by atoms with Gasteiger partial charge >= 0.3 is 5.97 Å². The quantitative estimate of drug-likeness (QED) is 0.305. The maximum atomic E-state index is 10.4. The SMILES string of the molecule is [CH]=C(C#N)C(=O)OCC. The summed E-state index contributed by atoms with van der Waals surface area (Å²) in [4.78, 5) is 10.4. The largest absolute Gasteiger partial charge is 0.462 e. The van der Waals surface area contributed by atoms with Crippen LogP contribution in [0.4, 0.5) is 0 Å². The topological polar surface area (TPSA) is 50.1 Å². The number of esters is 1. The van der Waals surface area contributed by atoms with Gasteiger partial charge in [-0.1, -0.05) is 0 Å². The first kappa shape index (κ1) is 7.70. The Morgan fingerprint density at radius 3 is 2.78 bits per heavy atom. The van der Waals surface area contributed by atoms with Crippen molar-refractivity contribution in [3.63, 3.8) is 0 Å². The molecule has 0 saturated carbocycles. The van der Waals surface area contributed by atoms with Crippen molar-refractivity contribution >= 4 is 5.97 Å². The van der Waals surface area contributed by atoms with E-state index in [1.165, 1.54) is 6.07 Å². The second kappa shape index (κ2) is 3.67. The van der Waals surface area contributed by atoms with Crippen LogP contribution in [-0.2, 0) is 9.53 Å². The van der Waals surface area contributed by atoms with E-state index in [-0.39, 0.29) is 6.61 Å². The summed E-state index contributed by atoms with van der Waals surface area (Å²) in [6.45, 7) is 6.76. The van der Waals surface area contributed by atoms with Crippen molar-refractivity contribution < 1.29 is 9.53 Å². The molecule has 0 atom stereocenters. The van der Waals surface area contributed by atoms with Crippen LogP contribution in [-0.4, -0.2) is 12.6 Å². The number of ether oxygens (including phenoxy) is 1. The molecule has 3 nitrogen and oxygen atoms in total. The zero-order valence-electron chi connectivity index (χ0n) is 5.05. The third-order valence-corrected chi connectivity index (χ3v) is 0.616. The molecule has 0 bridgehead atoms. The number of rotatable bonds is 2. The molecule has 47 valence electrons. The minimum absolute atomic E-state index is 0.237. The molecular formula is C6H6NO2. The van der Waals surface area contributed by atoms with Crippen molar-refractivity contribution in [3.05, 3.63) is 12.2 Å². The first-order valence-corrected chi connectivity index (χ1v) is 2.42. The summed E-state index contributed by atoms with van der Waals surface area (Å²) in [5.41, 5.74) is -0.406. The van der Waals surface area contributed by atoms with E-state index in [0.29, 0.717) is 0 Å². The van der Waals surface area contributed by atoms with Gasteiger partial charge in [0.2, 0.25) is 0 Å². The van der Waals surface area contributed by atoms with E-state index >= 15 is 0 Å². The molecule has 0 rings (SSSR count). The summed E-state index contributed by atoms with van der Waals surface area (Å²) >= 11 is 0. The highest BCUT2D eigenvalue weighted by Crippen LogP contribution is 1.89. The first-order valence-electron chi connectivity index (χ1n) is 2.42. The fourth-order valence-electron chi connectivity index (χ4n) is 0.254. The van der Waals surface area contributed by atoms with Crippen LogP contribution in [0, 0.1) is 17.9 Å². The van der Waals surface area contributed by atoms with E-state index in [1.807, 2.05) is 0 Å². The average molecular weight is 124 g/mol. The molecule has 0 aliphatic rings. The monoisotopic (exact) mass is 124 g/mol. The Kier molecular flexibility index (Phi) is 3.14. The molecule has 0 aromatic rings. The summed E-state index contributed by atoms with van der Waals surface area (Å²) in [5.74, 6) is -0.750. The van der Waals surface area contributed by atoms with E-state index in [9.17, 15) is 4.79 Å². The maximum absolute atomic E-state index is 10.4. The van der Waals surface area contributed by atoms with Crippen molar-refractivity contribution in [2.24, 2.45) is 0 Å². The van der Waals surface area contributed by atoms with Crippen LogP contribution in [0.1, 0.15) is 6.92 Å². The third kappa shape index (κ3) is 2.50. The lowest BCUT2D eigenvalue weighted by Gasteiger charge is -1.94. The molecular weight excluding hydrogens is 118 g/mol. The summed E-state index contributed by atoms with van der Waals surface area (Å²) in [6, 6.07) is 1.47. The van der Waals surface area contributed by atoms with Gasteiger partial charge in [0.25, 0.3) is 0 Å². The molecule has 0 N–H and O–H groups in total. The Labute approximate surface area is 53.5 Å². The summed E-state index contributed by atoms with van der Waals surface area (Å²) in [6.07, 6.45) is 0. The molecule has 1 radical (unpaired) electrons. The van der Waals surface area contributed by atoms with E-state index in [1.54, 1.807) is 6.92 Å². The van der Waals surface area contributed by atoms with Gasteiger partial charge < -0.3 is 4.74 Å². The highest BCUT2D eigenvalue weighted by molar-refractivity contribution is 5.91. The molecule has 9 heavy (non-hydrogen) atoms. The van der Waals surface area contributed by atoms with Gasteiger partial charge in [0.1, 0.15) is 11.6 Å². The van der Waals surface area contributed by atoms with Gasteiger partial charge in [-0.05, 0) is 13.5 Å². The number of hydrogen-bond acceptors (Lipinski definition) is 3. The Bertz CT molecular complexity index is 166. The highest BCUT2D eigenvalue weighted by atomic mass is 16.5. The fraction of sp³-hybridized carbons (Fsp3) is 0.333. The molecule has 3 heteroatoms. The molecule has 0 saturated heterocycles. The molecule has 0 unspecified atom stereocenters.